The molecule has 1 aliphatic rings. The van der Waals surface area contributed by atoms with E-state index >= 15 is 0 Å². The second-order valence-electron chi connectivity index (χ2n) is 7.08. The summed E-state index contributed by atoms with van der Waals surface area (Å²) < 4.78 is 0. The second kappa shape index (κ2) is 7.22. The van der Waals surface area contributed by atoms with Gasteiger partial charge in [0.1, 0.15) is 0 Å². The van der Waals surface area contributed by atoms with Gasteiger partial charge in [0.2, 0.25) is 0 Å². The summed E-state index contributed by atoms with van der Waals surface area (Å²) >= 11 is 1.38. The fourth-order valence-electron chi connectivity index (χ4n) is 3.88. The van der Waals surface area contributed by atoms with Gasteiger partial charge in [-0.2, -0.15) is 0 Å². The number of carbonyl (C=O) groups excluding carboxylic acids is 2. The van der Waals surface area contributed by atoms with Crippen LogP contribution < -0.4 is 5.32 Å². The molecule has 0 saturated heterocycles. The van der Waals surface area contributed by atoms with Gasteiger partial charge in [0.05, 0.1) is 16.1 Å². The zero-order chi connectivity index (χ0) is 19.8. The number of aromatic nitrogens is 1. The van der Waals surface area contributed by atoms with Crippen LogP contribution in [0.4, 0.5) is 5.69 Å². The normalized spacial score (nSPS) is 13.3. The summed E-state index contributed by atoms with van der Waals surface area (Å²) in [6.45, 7) is 1.21. The Hall–Kier alpha value is -3.38. The lowest BCUT2D eigenvalue weighted by molar-refractivity contribution is 0.0736. The van der Waals surface area contributed by atoms with E-state index in [-0.39, 0.29) is 11.8 Å². The summed E-state index contributed by atoms with van der Waals surface area (Å²) in [7, 11) is 0. The van der Waals surface area contributed by atoms with Crippen molar-refractivity contribution in [2.75, 3.05) is 11.9 Å². The summed E-state index contributed by atoms with van der Waals surface area (Å²) in [5.74, 6) is -0.263. The third kappa shape index (κ3) is 3.21. The third-order valence-corrected chi connectivity index (χ3v) is 6.19. The first-order valence-corrected chi connectivity index (χ1v) is 10.4. The lowest BCUT2D eigenvalue weighted by atomic mass is 10.0. The van der Waals surface area contributed by atoms with Gasteiger partial charge in [0.15, 0.2) is 0 Å². The van der Waals surface area contributed by atoms with Crippen molar-refractivity contribution in [3.05, 3.63) is 87.7 Å². The molecule has 0 spiro atoms. The minimum absolute atomic E-state index is 0.0667. The molecule has 4 aromatic rings. The molecule has 144 valence electrons. The average Bonchev–Trinajstić information content (AvgIpc) is 3.41. The van der Waals surface area contributed by atoms with Crippen molar-refractivity contribution >= 4 is 39.7 Å². The largest absolute Gasteiger partial charge is 0.358 e. The molecule has 2 amide bonds. The highest BCUT2D eigenvalue weighted by atomic mass is 32.1. The van der Waals surface area contributed by atoms with E-state index in [2.05, 4.69) is 22.4 Å². The summed E-state index contributed by atoms with van der Waals surface area (Å²) in [6, 6.07) is 19.0. The molecule has 3 heterocycles. The minimum Gasteiger partial charge on any atom is -0.358 e. The van der Waals surface area contributed by atoms with Crippen molar-refractivity contribution in [1.82, 2.24) is 9.88 Å². The molecule has 0 fully saturated rings. The quantitative estimate of drug-likeness (QED) is 0.523. The van der Waals surface area contributed by atoms with Gasteiger partial charge in [-0.25, -0.2) is 0 Å². The van der Waals surface area contributed by atoms with Gasteiger partial charge in [-0.15, -0.1) is 11.3 Å². The molecule has 1 aliphatic heterocycles. The molecule has 29 heavy (non-hydrogen) atoms. The van der Waals surface area contributed by atoms with E-state index in [0.29, 0.717) is 29.2 Å². The maximum Gasteiger partial charge on any atom is 0.265 e. The van der Waals surface area contributed by atoms with E-state index < -0.39 is 0 Å². The van der Waals surface area contributed by atoms with Crippen LogP contribution in [0.1, 0.15) is 31.3 Å². The Kier molecular flexibility index (Phi) is 4.41. The number of carbonyl (C=O) groups is 2. The lowest BCUT2D eigenvalue weighted by Crippen LogP contribution is -2.36. The first-order valence-electron chi connectivity index (χ1n) is 9.52. The van der Waals surface area contributed by atoms with E-state index in [9.17, 15) is 9.59 Å². The van der Waals surface area contributed by atoms with Crippen molar-refractivity contribution in [3.8, 4) is 0 Å². The first-order chi connectivity index (χ1) is 14.2. The number of benzene rings is 2. The van der Waals surface area contributed by atoms with Crippen molar-refractivity contribution in [1.29, 1.82) is 0 Å². The number of hydrogen-bond acceptors (Lipinski definition) is 3. The molecule has 5 nitrogen and oxygen atoms in total. The topological polar surface area (TPSA) is 65.2 Å². The number of hydrogen-bond donors (Lipinski definition) is 2. The van der Waals surface area contributed by atoms with Crippen LogP contribution in [0.3, 0.4) is 0 Å². The fraction of sp³-hybridized carbons (Fsp3) is 0.130. The van der Waals surface area contributed by atoms with Crippen LogP contribution >= 0.6 is 11.3 Å². The third-order valence-electron chi connectivity index (χ3n) is 5.32. The Morgan fingerprint density at radius 3 is 2.69 bits per heavy atom. The zero-order valence-electron chi connectivity index (χ0n) is 15.6. The number of nitrogens with zero attached hydrogens (tertiary/aromatic N) is 1. The van der Waals surface area contributed by atoms with Crippen molar-refractivity contribution < 1.29 is 9.59 Å². The maximum absolute atomic E-state index is 13.3. The number of anilines is 1. The zero-order valence-corrected chi connectivity index (χ0v) is 16.5. The lowest BCUT2D eigenvalue weighted by Gasteiger charge is -2.28. The van der Waals surface area contributed by atoms with Gasteiger partial charge in [0.25, 0.3) is 11.8 Å². The SMILES string of the molecule is O=C(Nc1ccccc1C(=O)N1CCc2[nH]c3ccccc3c2C1)c1cccs1. The number of aromatic amines is 1. The fourth-order valence-corrected chi connectivity index (χ4v) is 4.50. The van der Waals surface area contributed by atoms with Crippen LogP contribution in [0.15, 0.2) is 66.0 Å². The van der Waals surface area contributed by atoms with Gasteiger partial charge in [0, 0.05) is 41.7 Å². The molecule has 0 unspecified atom stereocenters. The first kappa shape index (κ1) is 17.7. The number of H-pyrrole nitrogens is 1. The van der Waals surface area contributed by atoms with Crippen LogP contribution in [0.5, 0.6) is 0 Å². The monoisotopic (exact) mass is 401 g/mol. The Labute approximate surface area is 172 Å². The number of fused-ring (bicyclic) bond motifs is 3. The molecule has 0 saturated carbocycles. The molecule has 2 aromatic carbocycles. The highest BCUT2D eigenvalue weighted by Crippen LogP contribution is 2.29. The number of nitrogens with one attached hydrogen (secondary N) is 2. The van der Waals surface area contributed by atoms with E-state index in [1.165, 1.54) is 28.0 Å². The smallest absolute Gasteiger partial charge is 0.265 e. The van der Waals surface area contributed by atoms with Crippen molar-refractivity contribution in [3.63, 3.8) is 0 Å². The standard InChI is InChI=1S/C23H19N3O2S/c27-22(21-10-5-13-29-21)25-19-9-4-2-7-16(19)23(28)26-12-11-20-17(14-26)15-6-1-3-8-18(15)24-20/h1-10,13,24H,11-12,14H2,(H,25,27). The highest BCUT2D eigenvalue weighted by molar-refractivity contribution is 7.12. The van der Waals surface area contributed by atoms with E-state index in [1.54, 1.807) is 18.2 Å². The maximum atomic E-state index is 13.3. The van der Waals surface area contributed by atoms with Gasteiger partial charge in [-0.05, 0) is 29.6 Å². The van der Waals surface area contributed by atoms with Crippen molar-refractivity contribution in [2.24, 2.45) is 0 Å². The molecule has 0 radical (unpaired) electrons. The minimum atomic E-state index is -0.196. The van der Waals surface area contributed by atoms with Crippen LogP contribution in [-0.2, 0) is 13.0 Å². The number of amides is 2. The predicted molar refractivity (Wildman–Crippen MR) is 115 cm³/mol. The Morgan fingerprint density at radius 2 is 1.83 bits per heavy atom. The molecular formula is C23H19N3O2S. The Balaban J connectivity index is 1.42. The average molecular weight is 401 g/mol. The number of para-hydroxylation sites is 2. The summed E-state index contributed by atoms with van der Waals surface area (Å²) in [5, 5.41) is 5.92. The van der Waals surface area contributed by atoms with Crippen LogP contribution in [0, 0.1) is 0 Å². The molecule has 0 atom stereocenters. The van der Waals surface area contributed by atoms with Crippen LogP contribution in [0.2, 0.25) is 0 Å². The number of thiophene rings is 1. The molecule has 0 aliphatic carbocycles. The van der Waals surface area contributed by atoms with Gasteiger partial charge in [-0.3, -0.25) is 9.59 Å². The molecular weight excluding hydrogens is 382 g/mol. The molecule has 0 bridgehead atoms. The molecule has 2 aromatic heterocycles. The molecule has 6 heteroatoms. The van der Waals surface area contributed by atoms with E-state index in [4.69, 9.17) is 0 Å². The highest BCUT2D eigenvalue weighted by Gasteiger charge is 2.26. The number of rotatable bonds is 3. The van der Waals surface area contributed by atoms with Crippen LogP contribution in [-0.4, -0.2) is 28.2 Å². The summed E-state index contributed by atoms with van der Waals surface area (Å²) in [4.78, 5) is 31.7. The van der Waals surface area contributed by atoms with Gasteiger partial charge < -0.3 is 15.2 Å². The second-order valence-corrected chi connectivity index (χ2v) is 8.03. The van der Waals surface area contributed by atoms with E-state index in [1.807, 2.05) is 40.6 Å². The van der Waals surface area contributed by atoms with E-state index in [0.717, 1.165) is 11.9 Å². The summed E-state index contributed by atoms with van der Waals surface area (Å²) in [5.41, 5.74) is 4.55. The Bertz CT molecular complexity index is 1210. The molecule has 2 N–H and O–H groups in total. The van der Waals surface area contributed by atoms with Crippen molar-refractivity contribution in [2.45, 2.75) is 13.0 Å². The predicted octanol–water partition coefficient (Wildman–Crippen LogP) is 4.68. The van der Waals surface area contributed by atoms with Gasteiger partial charge in [-0.1, -0.05) is 36.4 Å². The molecule has 5 rings (SSSR count). The Morgan fingerprint density at radius 1 is 1.00 bits per heavy atom. The van der Waals surface area contributed by atoms with Gasteiger partial charge >= 0.3 is 0 Å². The summed E-state index contributed by atoms with van der Waals surface area (Å²) in [6.07, 6.45) is 0.791. The van der Waals surface area contributed by atoms with Crippen LogP contribution in [0.25, 0.3) is 10.9 Å².